The Bertz CT molecular complexity index is 724. The van der Waals surface area contributed by atoms with Gasteiger partial charge in [0.1, 0.15) is 4.49 Å². The van der Waals surface area contributed by atoms with E-state index >= 15 is 0 Å². The van der Waals surface area contributed by atoms with Gasteiger partial charge in [0.25, 0.3) is 10.8 Å². The minimum atomic E-state index is 0.758. The Labute approximate surface area is 127 Å². The van der Waals surface area contributed by atoms with E-state index in [9.17, 15) is 0 Å². The zero-order valence-electron chi connectivity index (χ0n) is 11.9. The number of hydrogen-bond donors (Lipinski definition) is 1. The summed E-state index contributed by atoms with van der Waals surface area (Å²) in [7, 11) is 4.04. The van der Waals surface area contributed by atoms with Gasteiger partial charge >= 0.3 is 0 Å². The Balaban J connectivity index is 1.86. The molecular formula is C15H16N5S+. The van der Waals surface area contributed by atoms with Crippen LogP contribution in [0.2, 0.25) is 0 Å². The van der Waals surface area contributed by atoms with Crippen LogP contribution in [0.5, 0.6) is 0 Å². The Hall–Kier alpha value is -2.47. The summed E-state index contributed by atoms with van der Waals surface area (Å²) in [5.41, 5.74) is 3.07. The molecule has 0 atom stereocenters. The predicted octanol–water partition coefficient (Wildman–Crippen LogP) is 2.62. The van der Waals surface area contributed by atoms with E-state index in [1.165, 1.54) is 11.5 Å². The number of nitrogens with zero attached hydrogens (tertiary/aromatic N) is 4. The first-order chi connectivity index (χ1) is 10.2. The molecular weight excluding hydrogens is 282 g/mol. The van der Waals surface area contributed by atoms with E-state index in [-0.39, 0.29) is 0 Å². The zero-order valence-corrected chi connectivity index (χ0v) is 12.7. The van der Waals surface area contributed by atoms with Crippen molar-refractivity contribution in [3.8, 4) is 5.69 Å². The fraction of sp³-hybridized carbons (Fsp3) is 0.133. The SMILES string of the molecule is CN(C)c1ccccc1Nc1n[n+](-c2ccccc2)ns1. The molecule has 1 aromatic heterocycles. The maximum Gasteiger partial charge on any atom is 0.280 e. The van der Waals surface area contributed by atoms with Gasteiger partial charge in [0.05, 0.1) is 32.8 Å². The second kappa shape index (κ2) is 5.88. The van der Waals surface area contributed by atoms with Gasteiger partial charge in [0.2, 0.25) is 0 Å². The first-order valence-electron chi connectivity index (χ1n) is 6.59. The lowest BCUT2D eigenvalue weighted by atomic mass is 10.2. The van der Waals surface area contributed by atoms with Crippen LogP contribution in [0.3, 0.4) is 0 Å². The third-order valence-electron chi connectivity index (χ3n) is 3.00. The predicted molar refractivity (Wildman–Crippen MR) is 85.5 cm³/mol. The lowest BCUT2D eigenvalue weighted by Crippen LogP contribution is -2.35. The molecule has 0 amide bonds. The van der Waals surface area contributed by atoms with E-state index in [1.807, 2.05) is 62.6 Å². The van der Waals surface area contributed by atoms with E-state index in [1.54, 1.807) is 4.80 Å². The maximum atomic E-state index is 4.47. The standard InChI is InChI=1S/C15H16N5S/c1-19(2)14-11-7-6-10-13(14)16-15-17-20(18-21-15)12-8-4-3-5-9-12/h3-11H,1-2H3,(H,16,17,18)/q+1. The van der Waals surface area contributed by atoms with Crippen molar-refractivity contribution in [3.05, 3.63) is 54.6 Å². The molecule has 0 saturated carbocycles. The number of hydrogen-bond acceptors (Lipinski definition) is 5. The highest BCUT2D eigenvalue weighted by molar-refractivity contribution is 7.09. The summed E-state index contributed by atoms with van der Waals surface area (Å²) in [4.78, 5) is 3.69. The molecule has 0 aliphatic rings. The fourth-order valence-electron chi connectivity index (χ4n) is 2.00. The lowest BCUT2D eigenvalue weighted by Gasteiger charge is -2.16. The summed E-state index contributed by atoms with van der Waals surface area (Å²) in [5.74, 6) is 0. The second-order valence-electron chi connectivity index (χ2n) is 4.74. The molecule has 21 heavy (non-hydrogen) atoms. The van der Waals surface area contributed by atoms with Crippen LogP contribution >= 0.6 is 11.5 Å². The monoisotopic (exact) mass is 298 g/mol. The van der Waals surface area contributed by atoms with Gasteiger partial charge in [-0.3, -0.25) is 0 Å². The minimum Gasteiger partial charge on any atom is -0.376 e. The quantitative estimate of drug-likeness (QED) is 0.752. The summed E-state index contributed by atoms with van der Waals surface area (Å²) in [6.07, 6.45) is 0. The molecule has 0 saturated heterocycles. The second-order valence-corrected chi connectivity index (χ2v) is 5.47. The molecule has 0 unspecified atom stereocenters. The Morgan fingerprint density at radius 3 is 2.48 bits per heavy atom. The third-order valence-corrected chi connectivity index (χ3v) is 3.60. The first kappa shape index (κ1) is 13.5. The number of benzene rings is 2. The molecule has 2 aromatic carbocycles. The summed E-state index contributed by atoms with van der Waals surface area (Å²) in [6.45, 7) is 0. The molecule has 0 bridgehead atoms. The van der Waals surface area contributed by atoms with Crippen LogP contribution in [0.1, 0.15) is 0 Å². The van der Waals surface area contributed by atoms with Gasteiger partial charge in [-0.1, -0.05) is 30.3 Å². The molecule has 0 aliphatic heterocycles. The zero-order chi connectivity index (χ0) is 14.7. The number of rotatable bonds is 4. The summed E-state index contributed by atoms with van der Waals surface area (Å²) < 4.78 is 4.33. The fourth-order valence-corrected chi connectivity index (χ4v) is 2.55. The van der Waals surface area contributed by atoms with Crippen LogP contribution in [0, 0.1) is 0 Å². The van der Waals surface area contributed by atoms with Gasteiger partial charge in [-0.15, -0.1) is 0 Å². The molecule has 6 heteroatoms. The van der Waals surface area contributed by atoms with Crippen molar-refractivity contribution >= 4 is 28.0 Å². The maximum absolute atomic E-state index is 4.47. The van der Waals surface area contributed by atoms with Crippen molar-refractivity contribution in [2.75, 3.05) is 24.3 Å². The number of aromatic nitrogens is 3. The van der Waals surface area contributed by atoms with Gasteiger partial charge in [-0.05, 0) is 12.1 Å². The van der Waals surface area contributed by atoms with E-state index in [0.29, 0.717) is 0 Å². The number of para-hydroxylation sites is 3. The highest BCUT2D eigenvalue weighted by Crippen LogP contribution is 2.26. The van der Waals surface area contributed by atoms with Crippen LogP contribution in [-0.4, -0.2) is 23.7 Å². The molecule has 0 fully saturated rings. The largest absolute Gasteiger partial charge is 0.376 e. The summed E-state index contributed by atoms with van der Waals surface area (Å²) in [6, 6.07) is 18.0. The van der Waals surface area contributed by atoms with Crippen LogP contribution in [-0.2, 0) is 0 Å². The average Bonchev–Trinajstić information content (AvgIpc) is 2.97. The minimum absolute atomic E-state index is 0.758. The van der Waals surface area contributed by atoms with Crippen LogP contribution < -0.4 is 15.0 Å². The highest BCUT2D eigenvalue weighted by Gasteiger charge is 2.16. The molecule has 3 rings (SSSR count). The van der Waals surface area contributed by atoms with Gasteiger partial charge in [0, 0.05) is 26.2 Å². The van der Waals surface area contributed by atoms with Crippen molar-refractivity contribution in [2.45, 2.75) is 0 Å². The van der Waals surface area contributed by atoms with Crippen molar-refractivity contribution < 1.29 is 4.80 Å². The topological polar surface area (TPSA) is 44.9 Å². The molecule has 3 aromatic rings. The molecule has 1 heterocycles. The van der Waals surface area contributed by atoms with E-state index in [2.05, 4.69) is 25.9 Å². The highest BCUT2D eigenvalue weighted by atomic mass is 32.1. The smallest absolute Gasteiger partial charge is 0.280 e. The molecule has 0 aliphatic carbocycles. The normalized spacial score (nSPS) is 10.4. The molecule has 5 nitrogen and oxygen atoms in total. The van der Waals surface area contributed by atoms with Crippen LogP contribution in [0.4, 0.5) is 16.5 Å². The van der Waals surface area contributed by atoms with Gasteiger partial charge in [-0.2, -0.15) is 0 Å². The molecule has 106 valence electrons. The van der Waals surface area contributed by atoms with Crippen molar-refractivity contribution in [2.24, 2.45) is 0 Å². The van der Waals surface area contributed by atoms with Gasteiger partial charge < -0.3 is 10.2 Å². The van der Waals surface area contributed by atoms with E-state index in [4.69, 9.17) is 0 Å². The Kier molecular flexibility index (Phi) is 3.79. The number of anilines is 3. The van der Waals surface area contributed by atoms with Crippen molar-refractivity contribution in [1.82, 2.24) is 9.59 Å². The van der Waals surface area contributed by atoms with Crippen LogP contribution in [0.15, 0.2) is 54.6 Å². The van der Waals surface area contributed by atoms with E-state index < -0.39 is 0 Å². The van der Waals surface area contributed by atoms with Gasteiger partial charge in [0.15, 0.2) is 0 Å². The number of nitrogens with one attached hydrogen (secondary N) is 1. The molecule has 0 radical (unpaired) electrons. The average molecular weight is 298 g/mol. The third kappa shape index (κ3) is 3.00. The lowest BCUT2D eigenvalue weighted by molar-refractivity contribution is -0.709. The van der Waals surface area contributed by atoms with Crippen molar-refractivity contribution in [1.29, 1.82) is 0 Å². The Morgan fingerprint density at radius 2 is 1.71 bits per heavy atom. The van der Waals surface area contributed by atoms with E-state index in [0.717, 1.165) is 22.2 Å². The van der Waals surface area contributed by atoms with Crippen molar-refractivity contribution in [3.63, 3.8) is 0 Å². The Morgan fingerprint density at radius 1 is 1.00 bits per heavy atom. The molecule has 0 spiro atoms. The summed E-state index contributed by atoms with van der Waals surface area (Å²) >= 11 is 1.33. The van der Waals surface area contributed by atoms with Gasteiger partial charge in [-0.25, -0.2) is 0 Å². The van der Waals surface area contributed by atoms with Crippen LogP contribution in [0.25, 0.3) is 5.69 Å². The first-order valence-corrected chi connectivity index (χ1v) is 7.36. The molecule has 1 N–H and O–H groups in total. The summed E-state index contributed by atoms with van der Waals surface area (Å²) in [5, 5.41) is 8.55.